The Morgan fingerprint density at radius 2 is 2.08 bits per heavy atom. The van der Waals surface area contributed by atoms with Crippen molar-refractivity contribution < 1.29 is 9.18 Å². The van der Waals surface area contributed by atoms with Crippen LogP contribution < -0.4 is 4.90 Å². The first-order valence-electron chi connectivity index (χ1n) is 8.15. The summed E-state index contributed by atoms with van der Waals surface area (Å²) in [5, 5.41) is 11.7. The molecule has 4 nitrogen and oxygen atoms in total. The Hall–Kier alpha value is -3.00. The molecule has 1 aromatic heterocycles. The molecular formula is C20H16FN3O. The molecule has 0 saturated heterocycles. The van der Waals surface area contributed by atoms with Gasteiger partial charge in [0.25, 0.3) is 0 Å². The number of carbonyl (C=O) groups is 1. The zero-order chi connectivity index (χ0) is 17.8. The number of fused-ring (bicyclic) bond motifs is 2. The Morgan fingerprint density at radius 3 is 2.84 bits per heavy atom. The van der Waals surface area contributed by atoms with E-state index in [-0.39, 0.29) is 18.1 Å². The van der Waals surface area contributed by atoms with Crippen LogP contribution >= 0.6 is 0 Å². The number of benzene rings is 2. The van der Waals surface area contributed by atoms with Crippen molar-refractivity contribution in [3.63, 3.8) is 0 Å². The number of rotatable bonds is 2. The summed E-state index contributed by atoms with van der Waals surface area (Å²) in [6.45, 7) is 1.83. The van der Waals surface area contributed by atoms with E-state index < -0.39 is 5.41 Å². The second-order valence-corrected chi connectivity index (χ2v) is 6.68. The van der Waals surface area contributed by atoms with Crippen LogP contribution in [0.15, 0.2) is 36.4 Å². The summed E-state index contributed by atoms with van der Waals surface area (Å²) in [5.74, 6) is -0.452. The monoisotopic (exact) mass is 333 g/mol. The molecule has 0 unspecified atom stereocenters. The lowest BCUT2D eigenvalue weighted by atomic mass is 9.75. The Balaban J connectivity index is 2.17. The van der Waals surface area contributed by atoms with E-state index in [4.69, 9.17) is 5.26 Å². The summed E-state index contributed by atoms with van der Waals surface area (Å²) in [5.41, 5.74) is 1.05. The average Bonchev–Trinajstić information content (AvgIpc) is 2.62. The summed E-state index contributed by atoms with van der Waals surface area (Å²) >= 11 is 0. The van der Waals surface area contributed by atoms with Gasteiger partial charge in [0.05, 0.1) is 28.4 Å². The van der Waals surface area contributed by atoms with Crippen LogP contribution in [0.25, 0.3) is 21.7 Å². The van der Waals surface area contributed by atoms with E-state index in [9.17, 15) is 9.18 Å². The number of likely N-dealkylation sites (N-methyl/N-ethyl adjacent to an activating group) is 1. The molecule has 0 bridgehead atoms. The van der Waals surface area contributed by atoms with Gasteiger partial charge in [-0.2, -0.15) is 5.26 Å². The van der Waals surface area contributed by atoms with Gasteiger partial charge in [-0.3, -0.25) is 9.78 Å². The maximum absolute atomic E-state index is 13.7. The van der Waals surface area contributed by atoms with Gasteiger partial charge in [0, 0.05) is 30.3 Å². The number of hydrogen-bond donors (Lipinski definition) is 0. The minimum absolute atomic E-state index is 0.0917. The van der Waals surface area contributed by atoms with Crippen LogP contribution in [0.2, 0.25) is 0 Å². The number of nitriles is 1. The molecule has 2 heterocycles. The van der Waals surface area contributed by atoms with Gasteiger partial charge in [-0.15, -0.1) is 0 Å². The van der Waals surface area contributed by atoms with Crippen LogP contribution in [0.1, 0.15) is 25.5 Å². The van der Waals surface area contributed by atoms with Crippen molar-refractivity contribution in [2.75, 3.05) is 11.9 Å². The quantitative estimate of drug-likeness (QED) is 0.664. The molecule has 1 amide bonds. The number of hydrogen-bond acceptors (Lipinski definition) is 3. The standard InChI is InChI=1S/C20H16FN3O/c1-20(9-4-10-22)18-17-14(5-3-6-16(17)24(2)19(20)25)13-8-7-12(21)11-15(13)23-18/h3,5-8,11H,4,9H2,1-2H3/t20-/m1/s1. The topological polar surface area (TPSA) is 57.0 Å². The minimum Gasteiger partial charge on any atom is -0.314 e. The number of carbonyl (C=O) groups excluding carboxylic acids is 1. The fraction of sp³-hybridized carbons (Fsp3) is 0.250. The van der Waals surface area contributed by atoms with Gasteiger partial charge >= 0.3 is 0 Å². The molecule has 1 aliphatic rings. The zero-order valence-corrected chi connectivity index (χ0v) is 14.0. The third-order valence-corrected chi connectivity index (χ3v) is 5.16. The highest BCUT2D eigenvalue weighted by Gasteiger charge is 2.44. The Bertz CT molecular complexity index is 1090. The van der Waals surface area contributed by atoms with Gasteiger partial charge in [-0.05, 0) is 36.9 Å². The summed E-state index contributed by atoms with van der Waals surface area (Å²) in [6.07, 6.45) is 0.631. The van der Waals surface area contributed by atoms with Gasteiger partial charge in [-0.1, -0.05) is 12.1 Å². The Morgan fingerprint density at radius 1 is 1.28 bits per heavy atom. The fourth-order valence-corrected chi connectivity index (χ4v) is 3.81. The molecular weight excluding hydrogens is 317 g/mol. The minimum atomic E-state index is -0.905. The van der Waals surface area contributed by atoms with E-state index in [1.54, 1.807) is 18.0 Å². The molecule has 3 aromatic rings. The summed E-state index contributed by atoms with van der Waals surface area (Å²) in [4.78, 5) is 19.4. The molecule has 124 valence electrons. The average molecular weight is 333 g/mol. The van der Waals surface area contributed by atoms with Crippen molar-refractivity contribution >= 4 is 33.3 Å². The summed E-state index contributed by atoms with van der Waals surface area (Å²) < 4.78 is 13.7. The highest BCUT2D eigenvalue weighted by molar-refractivity contribution is 6.19. The van der Waals surface area contributed by atoms with Crippen LogP contribution in [0.4, 0.5) is 10.1 Å². The maximum Gasteiger partial charge on any atom is 0.238 e. The van der Waals surface area contributed by atoms with Crippen molar-refractivity contribution in [3.05, 3.63) is 47.9 Å². The first kappa shape index (κ1) is 15.5. The largest absolute Gasteiger partial charge is 0.314 e. The molecule has 0 aliphatic carbocycles. The van der Waals surface area contributed by atoms with Gasteiger partial charge in [0.1, 0.15) is 5.82 Å². The summed E-state index contributed by atoms with van der Waals surface area (Å²) in [7, 11) is 1.75. The van der Waals surface area contributed by atoms with E-state index in [1.165, 1.54) is 12.1 Å². The highest BCUT2D eigenvalue weighted by Crippen LogP contribution is 2.45. The highest BCUT2D eigenvalue weighted by atomic mass is 19.1. The second kappa shape index (κ2) is 5.25. The number of halogens is 1. The van der Waals surface area contributed by atoms with Crippen LogP contribution in [-0.4, -0.2) is 17.9 Å². The fourth-order valence-electron chi connectivity index (χ4n) is 3.81. The van der Waals surface area contributed by atoms with Crippen molar-refractivity contribution in [1.29, 1.82) is 5.26 Å². The molecule has 0 N–H and O–H groups in total. The van der Waals surface area contributed by atoms with Gasteiger partial charge < -0.3 is 4.90 Å². The van der Waals surface area contributed by atoms with E-state index >= 15 is 0 Å². The first-order chi connectivity index (χ1) is 12.0. The number of amides is 1. The van der Waals surface area contributed by atoms with Crippen LogP contribution in [0, 0.1) is 17.1 Å². The normalized spacial score (nSPS) is 19.4. The molecule has 1 aliphatic heterocycles. The first-order valence-corrected chi connectivity index (χ1v) is 8.15. The Kier molecular flexibility index (Phi) is 3.26. The maximum atomic E-state index is 13.7. The van der Waals surface area contributed by atoms with E-state index in [0.29, 0.717) is 17.6 Å². The van der Waals surface area contributed by atoms with Gasteiger partial charge in [0.15, 0.2) is 0 Å². The van der Waals surface area contributed by atoms with Crippen molar-refractivity contribution in [2.45, 2.75) is 25.2 Å². The lowest BCUT2D eigenvalue weighted by Gasteiger charge is -2.38. The summed E-state index contributed by atoms with van der Waals surface area (Å²) in [6, 6.07) is 12.4. The smallest absolute Gasteiger partial charge is 0.238 e. The van der Waals surface area contributed by atoms with Gasteiger partial charge in [0.2, 0.25) is 5.91 Å². The third-order valence-electron chi connectivity index (χ3n) is 5.16. The predicted molar refractivity (Wildman–Crippen MR) is 94.8 cm³/mol. The van der Waals surface area contributed by atoms with E-state index in [0.717, 1.165) is 21.8 Å². The molecule has 0 fully saturated rings. The lowest BCUT2D eigenvalue weighted by Crippen LogP contribution is -2.47. The van der Waals surface area contributed by atoms with Crippen LogP contribution in [-0.2, 0) is 10.2 Å². The number of aromatic nitrogens is 1. The number of anilines is 1. The number of nitrogens with zero attached hydrogens (tertiary/aromatic N) is 3. The molecule has 0 spiro atoms. The Labute approximate surface area is 144 Å². The van der Waals surface area contributed by atoms with Crippen LogP contribution in [0.5, 0.6) is 0 Å². The van der Waals surface area contributed by atoms with Gasteiger partial charge in [-0.25, -0.2) is 4.39 Å². The second-order valence-electron chi connectivity index (χ2n) is 6.68. The molecule has 0 radical (unpaired) electrons. The number of pyridine rings is 1. The van der Waals surface area contributed by atoms with Crippen molar-refractivity contribution in [1.82, 2.24) is 4.98 Å². The SMILES string of the molecule is CN1C(=O)[C@](C)(CCC#N)c2nc3cc(F)ccc3c3cccc1c23. The predicted octanol–water partition coefficient (Wildman–Crippen LogP) is 4.06. The third kappa shape index (κ3) is 2.04. The molecule has 5 heteroatoms. The molecule has 2 aromatic carbocycles. The lowest BCUT2D eigenvalue weighted by molar-refractivity contribution is -0.123. The van der Waals surface area contributed by atoms with E-state index in [2.05, 4.69) is 11.1 Å². The molecule has 1 atom stereocenters. The van der Waals surface area contributed by atoms with Crippen molar-refractivity contribution in [2.24, 2.45) is 0 Å². The molecule has 0 saturated carbocycles. The van der Waals surface area contributed by atoms with Crippen LogP contribution in [0.3, 0.4) is 0 Å². The zero-order valence-electron chi connectivity index (χ0n) is 14.0. The molecule has 25 heavy (non-hydrogen) atoms. The van der Waals surface area contributed by atoms with E-state index in [1.807, 2.05) is 25.1 Å². The van der Waals surface area contributed by atoms with Crippen molar-refractivity contribution in [3.8, 4) is 6.07 Å². The molecule has 4 rings (SSSR count).